The van der Waals surface area contributed by atoms with Crippen LogP contribution in [0.15, 0.2) is 54.6 Å². The average molecular weight is 396 g/mol. The molecule has 0 heterocycles. The first-order valence-electron chi connectivity index (χ1n) is 9.55. The first-order chi connectivity index (χ1) is 13.6. The number of carbonyl (C=O) groups is 3. The van der Waals surface area contributed by atoms with Gasteiger partial charge in [-0.05, 0) is 35.6 Å². The molecule has 0 aliphatic carbocycles. The van der Waals surface area contributed by atoms with Crippen molar-refractivity contribution in [3.05, 3.63) is 71.3 Å². The third kappa shape index (κ3) is 6.17. The molecule has 29 heavy (non-hydrogen) atoms. The molecule has 0 aliphatic rings. The molecule has 0 aliphatic heterocycles. The Balaban J connectivity index is 1.99. The summed E-state index contributed by atoms with van der Waals surface area (Å²) in [5.74, 6) is -2.64. The zero-order chi connectivity index (χ0) is 21.6. The summed E-state index contributed by atoms with van der Waals surface area (Å²) in [6.45, 7) is 7.57. The van der Waals surface area contributed by atoms with Crippen LogP contribution >= 0.6 is 0 Å². The SMILES string of the molecule is CC(C(=O)O)C(NC(=O)CNC(=O)c1ccc(C(C)(C)C)cc1)c1ccccc1. The third-order valence-corrected chi connectivity index (χ3v) is 4.79. The molecule has 2 aromatic rings. The van der Waals surface area contributed by atoms with Crippen molar-refractivity contribution in [2.45, 2.75) is 39.2 Å². The fraction of sp³-hybridized carbons (Fsp3) is 0.348. The molecular formula is C23H28N2O4. The molecule has 0 saturated heterocycles. The van der Waals surface area contributed by atoms with E-state index in [1.54, 1.807) is 36.4 Å². The van der Waals surface area contributed by atoms with Gasteiger partial charge >= 0.3 is 5.97 Å². The highest BCUT2D eigenvalue weighted by molar-refractivity contribution is 5.96. The Kier molecular flexibility index (Phi) is 7.15. The van der Waals surface area contributed by atoms with Gasteiger partial charge in [-0.15, -0.1) is 0 Å². The van der Waals surface area contributed by atoms with E-state index in [1.807, 2.05) is 18.2 Å². The molecule has 0 bridgehead atoms. The molecule has 0 aromatic heterocycles. The highest BCUT2D eigenvalue weighted by Gasteiger charge is 2.26. The van der Waals surface area contributed by atoms with Gasteiger partial charge in [-0.1, -0.05) is 63.2 Å². The van der Waals surface area contributed by atoms with Crippen molar-refractivity contribution in [1.29, 1.82) is 0 Å². The molecule has 0 fully saturated rings. The van der Waals surface area contributed by atoms with Gasteiger partial charge in [0.15, 0.2) is 0 Å². The summed E-state index contributed by atoms with van der Waals surface area (Å²) in [4.78, 5) is 36.1. The Morgan fingerprint density at radius 2 is 1.55 bits per heavy atom. The third-order valence-electron chi connectivity index (χ3n) is 4.79. The van der Waals surface area contributed by atoms with E-state index in [2.05, 4.69) is 31.4 Å². The van der Waals surface area contributed by atoms with E-state index in [0.29, 0.717) is 11.1 Å². The molecule has 2 amide bonds. The van der Waals surface area contributed by atoms with Crippen LogP contribution in [-0.4, -0.2) is 29.4 Å². The number of nitrogens with one attached hydrogen (secondary N) is 2. The second-order valence-corrected chi connectivity index (χ2v) is 8.09. The topological polar surface area (TPSA) is 95.5 Å². The second-order valence-electron chi connectivity index (χ2n) is 8.09. The molecule has 6 heteroatoms. The largest absolute Gasteiger partial charge is 0.481 e. The van der Waals surface area contributed by atoms with E-state index in [4.69, 9.17) is 0 Å². The summed E-state index contributed by atoms with van der Waals surface area (Å²) < 4.78 is 0. The highest BCUT2D eigenvalue weighted by atomic mass is 16.4. The predicted octanol–water partition coefficient (Wildman–Crippen LogP) is 3.29. The quantitative estimate of drug-likeness (QED) is 0.669. The van der Waals surface area contributed by atoms with Crippen LogP contribution in [0.2, 0.25) is 0 Å². The van der Waals surface area contributed by atoms with Crippen LogP contribution in [0, 0.1) is 5.92 Å². The van der Waals surface area contributed by atoms with Crippen molar-refractivity contribution < 1.29 is 19.5 Å². The molecule has 6 nitrogen and oxygen atoms in total. The summed E-state index contributed by atoms with van der Waals surface area (Å²) >= 11 is 0. The van der Waals surface area contributed by atoms with Gasteiger partial charge in [0.25, 0.3) is 5.91 Å². The minimum atomic E-state index is -1.01. The minimum absolute atomic E-state index is 0.0117. The van der Waals surface area contributed by atoms with Crippen molar-refractivity contribution in [3.8, 4) is 0 Å². The smallest absolute Gasteiger partial charge is 0.308 e. The van der Waals surface area contributed by atoms with Crippen molar-refractivity contribution >= 4 is 17.8 Å². The molecule has 2 rings (SSSR count). The van der Waals surface area contributed by atoms with Crippen LogP contribution in [0.4, 0.5) is 0 Å². The van der Waals surface area contributed by atoms with Crippen LogP contribution in [0.1, 0.15) is 55.2 Å². The van der Waals surface area contributed by atoms with Gasteiger partial charge in [-0.2, -0.15) is 0 Å². The van der Waals surface area contributed by atoms with Crippen LogP contribution in [0.3, 0.4) is 0 Å². The van der Waals surface area contributed by atoms with Crippen molar-refractivity contribution in [1.82, 2.24) is 10.6 Å². The minimum Gasteiger partial charge on any atom is -0.481 e. The van der Waals surface area contributed by atoms with Gasteiger partial charge in [0.1, 0.15) is 0 Å². The molecule has 2 unspecified atom stereocenters. The van der Waals surface area contributed by atoms with Crippen molar-refractivity contribution in [3.63, 3.8) is 0 Å². The van der Waals surface area contributed by atoms with Gasteiger partial charge in [0.05, 0.1) is 18.5 Å². The van der Waals surface area contributed by atoms with Gasteiger partial charge in [-0.3, -0.25) is 14.4 Å². The Bertz CT molecular complexity index is 855. The number of amides is 2. The number of hydrogen-bond acceptors (Lipinski definition) is 3. The maximum absolute atomic E-state index is 12.4. The van der Waals surface area contributed by atoms with E-state index in [1.165, 1.54) is 6.92 Å². The summed E-state index contributed by atoms with van der Waals surface area (Å²) in [5.41, 5.74) is 2.26. The number of carboxylic acid groups (broad SMARTS) is 1. The molecule has 0 spiro atoms. The van der Waals surface area contributed by atoms with E-state index >= 15 is 0 Å². The van der Waals surface area contributed by atoms with Crippen LogP contribution in [0.5, 0.6) is 0 Å². The highest BCUT2D eigenvalue weighted by Crippen LogP contribution is 2.23. The molecule has 2 aromatic carbocycles. The maximum atomic E-state index is 12.4. The number of carboxylic acids is 1. The van der Waals surface area contributed by atoms with Crippen LogP contribution in [0.25, 0.3) is 0 Å². The fourth-order valence-corrected chi connectivity index (χ4v) is 2.91. The van der Waals surface area contributed by atoms with Gasteiger partial charge in [-0.25, -0.2) is 0 Å². The zero-order valence-electron chi connectivity index (χ0n) is 17.2. The van der Waals surface area contributed by atoms with E-state index < -0.39 is 23.8 Å². The van der Waals surface area contributed by atoms with E-state index in [-0.39, 0.29) is 17.9 Å². The first-order valence-corrected chi connectivity index (χ1v) is 9.55. The Hall–Kier alpha value is -3.15. The lowest BCUT2D eigenvalue weighted by Crippen LogP contribution is -2.41. The lowest BCUT2D eigenvalue weighted by atomic mass is 9.87. The number of aliphatic carboxylic acids is 1. The first kappa shape index (κ1) is 22.1. The normalized spacial score (nSPS) is 13.2. The number of carbonyl (C=O) groups excluding carboxylic acids is 2. The Morgan fingerprint density at radius 3 is 2.07 bits per heavy atom. The zero-order valence-corrected chi connectivity index (χ0v) is 17.2. The molecule has 3 N–H and O–H groups in total. The molecular weight excluding hydrogens is 368 g/mol. The average Bonchev–Trinajstić information content (AvgIpc) is 2.69. The number of benzene rings is 2. The lowest BCUT2D eigenvalue weighted by Gasteiger charge is -2.23. The molecule has 154 valence electrons. The standard InChI is InChI=1S/C23H28N2O4/c1-15(22(28)29)20(16-8-6-5-7-9-16)25-19(26)14-24-21(27)17-10-12-18(13-11-17)23(2,3)4/h5-13,15,20H,14H2,1-4H3,(H,24,27)(H,25,26)(H,28,29). The lowest BCUT2D eigenvalue weighted by molar-refractivity contribution is -0.142. The van der Waals surface area contributed by atoms with Crippen molar-refractivity contribution in [2.24, 2.45) is 5.92 Å². The predicted molar refractivity (Wildman–Crippen MR) is 112 cm³/mol. The van der Waals surface area contributed by atoms with Gasteiger partial charge in [0, 0.05) is 5.56 Å². The summed E-state index contributed by atoms with van der Waals surface area (Å²) in [6, 6.07) is 15.5. The van der Waals surface area contributed by atoms with Crippen LogP contribution < -0.4 is 10.6 Å². The van der Waals surface area contributed by atoms with E-state index in [0.717, 1.165) is 5.56 Å². The Labute approximate surface area is 171 Å². The number of hydrogen-bond donors (Lipinski definition) is 3. The van der Waals surface area contributed by atoms with Crippen molar-refractivity contribution in [2.75, 3.05) is 6.54 Å². The fourth-order valence-electron chi connectivity index (χ4n) is 2.91. The molecule has 0 saturated carbocycles. The Morgan fingerprint density at radius 1 is 0.966 bits per heavy atom. The van der Waals surface area contributed by atoms with Gasteiger partial charge in [0.2, 0.25) is 5.91 Å². The molecule has 2 atom stereocenters. The van der Waals surface area contributed by atoms with E-state index in [9.17, 15) is 19.5 Å². The van der Waals surface area contributed by atoms with Crippen LogP contribution in [-0.2, 0) is 15.0 Å². The maximum Gasteiger partial charge on any atom is 0.308 e. The molecule has 0 radical (unpaired) electrons. The van der Waals surface area contributed by atoms with Gasteiger partial charge < -0.3 is 15.7 Å². The number of rotatable bonds is 7. The summed E-state index contributed by atoms with van der Waals surface area (Å²) in [5, 5.41) is 14.7. The monoisotopic (exact) mass is 396 g/mol. The summed E-state index contributed by atoms with van der Waals surface area (Å²) in [7, 11) is 0. The second kappa shape index (κ2) is 9.37. The summed E-state index contributed by atoms with van der Waals surface area (Å²) in [6.07, 6.45) is 0.